The highest BCUT2D eigenvalue weighted by Crippen LogP contribution is 2.24. The molecule has 3 rings (SSSR count). The van der Waals surface area contributed by atoms with Crippen LogP contribution < -0.4 is 0 Å². The normalized spacial score (nSPS) is 17.0. The molecule has 2 aromatic carbocycles. The first-order valence-electron chi connectivity index (χ1n) is 7.25. The standard InChI is InChI=1S/C18H15NO3S/c20-10-14-11-23-12-19(14)18(22)16-9-5-4-8-15(16)17(21)13-6-2-1-3-7-13/h1-10,14H,11-12H2. The van der Waals surface area contributed by atoms with E-state index in [1.165, 1.54) is 16.7 Å². The van der Waals surface area contributed by atoms with E-state index in [9.17, 15) is 14.4 Å². The summed E-state index contributed by atoms with van der Waals surface area (Å²) in [5.74, 6) is 0.608. The molecule has 0 bridgehead atoms. The van der Waals surface area contributed by atoms with Crippen molar-refractivity contribution in [2.75, 3.05) is 11.6 Å². The zero-order valence-electron chi connectivity index (χ0n) is 12.3. The van der Waals surface area contributed by atoms with Gasteiger partial charge in [-0.15, -0.1) is 11.8 Å². The van der Waals surface area contributed by atoms with Crippen LogP contribution in [0.15, 0.2) is 54.6 Å². The zero-order valence-corrected chi connectivity index (χ0v) is 13.2. The van der Waals surface area contributed by atoms with Gasteiger partial charge >= 0.3 is 0 Å². The van der Waals surface area contributed by atoms with Gasteiger partial charge in [-0.2, -0.15) is 0 Å². The summed E-state index contributed by atoms with van der Waals surface area (Å²) < 4.78 is 0. The Labute approximate surface area is 138 Å². The highest BCUT2D eigenvalue weighted by atomic mass is 32.2. The maximum Gasteiger partial charge on any atom is 0.255 e. The number of benzene rings is 2. The Morgan fingerprint density at radius 1 is 1.00 bits per heavy atom. The Morgan fingerprint density at radius 2 is 1.65 bits per heavy atom. The topological polar surface area (TPSA) is 54.5 Å². The molecule has 5 heteroatoms. The van der Waals surface area contributed by atoms with E-state index in [1.54, 1.807) is 48.5 Å². The predicted molar refractivity (Wildman–Crippen MR) is 89.7 cm³/mol. The lowest BCUT2D eigenvalue weighted by molar-refractivity contribution is -0.110. The molecule has 1 saturated heterocycles. The first-order valence-corrected chi connectivity index (χ1v) is 8.40. The number of rotatable bonds is 4. The van der Waals surface area contributed by atoms with E-state index in [0.717, 1.165) is 6.29 Å². The van der Waals surface area contributed by atoms with Crippen molar-refractivity contribution >= 4 is 29.7 Å². The minimum atomic E-state index is -0.424. The van der Waals surface area contributed by atoms with Crippen molar-refractivity contribution in [3.8, 4) is 0 Å². The highest BCUT2D eigenvalue weighted by molar-refractivity contribution is 7.99. The minimum Gasteiger partial charge on any atom is -0.319 e. The number of aldehydes is 1. The second-order valence-electron chi connectivity index (χ2n) is 5.22. The lowest BCUT2D eigenvalue weighted by Gasteiger charge is -2.20. The van der Waals surface area contributed by atoms with E-state index in [2.05, 4.69) is 0 Å². The molecular weight excluding hydrogens is 310 g/mol. The molecule has 1 aliphatic heterocycles. The van der Waals surface area contributed by atoms with Gasteiger partial charge < -0.3 is 9.69 Å². The molecule has 1 heterocycles. The molecule has 0 aliphatic carbocycles. The van der Waals surface area contributed by atoms with Crippen molar-refractivity contribution in [2.45, 2.75) is 6.04 Å². The second-order valence-corrected chi connectivity index (χ2v) is 6.22. The van der Waals surface area contributed by atoms with Crippen LogP contribution in [0.2, 0.25) is 0 Å². The summed E-state index contributed by atoms with van der Waals surface area (Å²) in [6, 6.07) is 15.2. The molecule has 2 aromatic rings. The molecule has 1 amide bonds. The Morgan fingerprint density at radius 3 is 2.35 bits per heavy atom. The zero-order chi connectivity index (χ0) is 16.2. The Kier molecular flexibility index (Phi) is 4.57. The van der Waals surface area contributed by atoms with Crippen LogP contribution in [0.5, 0.6) is 0 Å². The van der Waals surface area contributed by atoms with Crippen LogP contribution in [0.1, 0.15) is 26.3 Å². The largest absolute Gasteiger partial charge is 0.319 e. The fourth-order valence-corrected chi connectivity index (χ4v) is 3.66. The number of nitrogens with zero attached hydrogens (tertiary/aromatic N) is 1. The first kappa shape index (κ1) is 15.5. The molecule has 1 aliphatic rings. The van der Waals surface area contributed by atoms with Crippen LogP contribution >= 0.6 is 11.8 Å². The SMILES string of the molecule is O=CC1CSCN1C(=O)c1ccccc1C(=O)c1ccccc1. The summed E-state index contributed by atoms with van der Waals surface area (Å²) in [5, 5.41) is 0. The van der Waals surface area contributed by atoms with Crippen LogP contribution in [0, 0.1) is 0 Å². The smallest absolute Gasteiger partial charge is 0.255 e. The van der Waals surface area contributed by atoms with E-state index in [-0.39, 0.29) is 11.7 Å². The van der Waals surface area contributed by atoms with Crippen molar-refractivity contribution in [3.05, 3.63) is 71.3 Å². The molecule has 1 fully saturated rings. The molecule has 1 atom stereocenters. The van der Waals surface area contributed by atoms with Crippen LogP contribution in [-0.2, 0) is 4.79 Å². The number of thioether (sulfide) groups is 1. The molecule has 4 nitrogen and oxygen atoms in total. The van der Waals surface area contributed by atoms with Gasteiger partial charge in [0.15, 0.2) is 5.78 Å². The molecule has 23 heavy (non-hydrogen) atoms. The maximum absolute atomic E-state index is 12.8. The van der Waals surface area contributed by atoms with Crippen LogP contribution in [0.4, 0.5) is 0 Å². The molecule has 0 aromatic heterocycles. The number of carbonyl (C=O) groups excluding carboxylic acids is 3. The monoisotopic (exact) mass is 325 g/mol. The predicted octanol–water partition coefficient (Wildman–Crippen LogP) is 2.63. The summed E-state index contributed by atoms with van der Waals surface area (Å²) in [5.41, 5.74) is 1.25. The summed E-state index contributed by atoms with van der Waals surface area (Å²) in [7, 11) is 0. The average molecular weight is 325 g/mol. The molecule has 0 saturated carbocycles. The summed E-state index contributed by atoms with van der Waals surface area (Å²) in [4.78, 5) is 38.1. The number of carbonyl (C=O) groups is 3. The van der Waals surface area contributed by atoms with Crippen molar-refractivity contribution < 1.29 is 14.4 Å². The molecule has 0 spiro atoms. The van der Waals surface area contributed by atoms with E-state index in [0.29, 0.717) is 28.3 Å². The molecule has 0 radical (unpaired) electrons. The molecule has 1 unspecified atom stereocenters. The Bertz CT molecular complexity index is 745. The Hall–Kier alpha value is -2.40. The van der Waals surface area contributed by atoms with Crippen LogP contribution in [0.25, 0.3) is 0 Å². The molecule has 116 valence electrons. The average Bonchev–Trinajstić information content (AvgIpc) is 3.10. The number of ketones is 1. The number of amides is 1. The van der Waals surface area contributed by atoms with Gasteiger partial charge in [0.25, 0.3) is 5.91 Å². The Balaban J connectivity index is 1.96. The van der Waals surface area contributed by atoms with Crippen LogP contribution in [-0.4, -0.2) is 40.5 Å². The lowest BCUT2D eigenvalue weighted by Crippen LogP contribution is -2.38. The van der Waals surface area contributed by atoms with Gasteiger partial charge in [-0.3, -0.25) is 9.59 Å². The fraction of sp³-hybridized carbons (Fsp3) is 0.167. The third-order valence-corrected chi connectivity index (χ3v) is 4.81. The third-order valence-electron chi connectivity index (χ3n) is 3.78. The van der Waals surface area contributed by atoms with E-state index in [1.807, 2.05) is 6.07 Å². The van der Waals surface area contributed by atoms with Gasteiger partial charge in [-0.25, -0.2) is 0 Å². The highest BCUT2D eigenvalue weighted by Gasteiger charge is 2.31. The van der Waals surface area contributed by atoms with Gasteiger partial charge in [-0.1, -0.05) is 48.5 Å². The third kappa shape index (κ3) is 3.05. The van der Waals surface area contributed by atoms with Crippen molar-refractivity contribution in [1.29, 1.82) is 0 Å². The van der Waals surface area contributed by atoms with Crippen LogP contribution in [0.3, 0.4) is 0 Å². The summed E-state index contributed by atoms with van der Waals surface area (Å²) >= 11 is 1.54. The van der Waals surface area contributed by atoms with Gasteiger partial charge in [-0.05, 0) is 6.07 Å². The van der Waals surface area contributed by atoms with Gasteiger partial charge in [0.05, 0.1) is 17.5 Å². The lowest BCUT2D eigenvalue weighted by atomic mass is 9.97. The van der Waals surface area contributed by atoms with Gasteiger partial charge in [0.1, 0.15) is 6.29 Å². The van der Waals surface area contributed by atoms with E-state index in [4.69, 9.17) is 0 Å². The fourth-order valence-electron chi connectivity index (χ4n) is 2.55. The summed E-state index contributed by atoms with van der Waals surface area (Å²) in [6.45, 7) is 0. The van der Waals surface area contributed by atoms with Gasteiger partial charge in [0.2, 0.25) is 0 Å². The maximum atomic E-state index is 12.8. The van der Waals surface area contributed by atoms with Gasteiger partial charge in [0, 0.05) is 16.9 Å². The second kappa shape index (κ2) is 6.79. The summed E-state index contributed by atoms with van der Waals surface area (Å²) in [6.07, 6.45) is 0.791. The number of hydrogen-bond acceptors (Lipinski definition) is 4. The van der Waals surface area contributed by atoms with E-state index >= 15 is 0 Å². The quantitative estimate of drug-likeness (QED) is 0.640. The molecule has 0 N–H and O–H groups in total. The van der Waals surface area contributed by atoms with E-state index < -0.39 is 6.04 Å². The minimum absolute atomic E-state index is 0.191. The van der Waals surface area contributed by atoms with Crippen molar-refractivity contribution in [3.63, 3.8) is 0 Å². The first-order chi connectivity index (χ1) is 11.2. The van der Waals surface area contributed by atoms with Crippen molar-refractivity contribution in [2.24, 2.45) is 0 Å². The molecular formula is C18H15NO3S. The van der Waals surface area contributed by atoms with Crippen molar-refractivity contribution in [1.82, 2.24) is 4.90 Å². The number of hydrogen-bond donors (Lipinski definition) is 0.